The summed E-state index contributed by atoms with van der Waals surface area (Å²) in [5, 5.41) is 13.9. The van der Waals surface area contributed by atoms with Crippen LogP contribution >= 0.6 is 15.9 Å². The van der Waals surface area contributed by atoms with Crippen molar-refractivity contribution in [1.82, 2.24) is 5.32 Å². The highest BCUT2D eigenvalue weighted by Crippen LogP contribution is 2.21. The van der Waals surface area contributed by atoms with Crippen LogP contribution in [0.15, 0.2) is 22.7 Å². The summed E-state index contributed by atoms with van der Waals surface area (Å²) in [6, 6.07) is 4.93. The van der Waals surface area contributed by atoms with E-state index in [9.17, 15) is 10.1 Å². The van der Waals surface area contributed by atoms with Gasteiger partial charge in [0.05, 0.1) is 11.0 Å². The van der Waals surface area contributed by atoms with Crippen molar-refractivity contribution in [2.45, 2.75) is 26.5 Å². The minimum atomic E-state index is -0.392. The lowest BCUT2D eigenvalue weighted by molar-refractivity contribution is -0.385. The van der Waals surface area contributed by atoms with Gasteiger partial charge in [-0.3, -0.25) is 10.1 Å². The predicted molar refractivity (Wildman–Crippen MR) is 73.6 cm³/mol. The lowest BCUT2D eigenvalue weighted by Gasteiger charge is -2.12. The Bertz CT molecular complexity index is 412. The van der Waals surface area contributed by atoms with Gasteiger partial charge in [0.25, 0.3) is 5.69 Å². The van der Waals surface area contributed by atoms with Crippen LogP contribution < -0.4 is 5.32 Å². The van der Waals surface area contributed by atoms with Gasteiger partial charge >= 0.3 is 0 Å². The van der Waals surface area contributed by atoms with Crippen LogP contribution in [0.5, 0.6) is 0 Å². The summed E-state index contributed by atoms with van der Waals surface area (Å²) in [5.41, 5.74) is 0.971. The van der Waals surface area contributed by atoms with Gasteiger partial charge < -0.3 is 10.1 Å². The highest BCUT2D eigenvalue weighted by molar-refractivity contribution is 9.10. The van der Waals surface area contributed by atoms with E-state index in [-0.39, 0.29) is 11.8 Å². The molecule has 0 fully saturated rings. The molecule has 100 valence electrons. The minimum Gasteiger partial charge on any atom is -0.377 e. The molecule has 1 N–H and O–H groups in total. The van der Waals surface area contributed by atoms with E-state index in [0.717, 1.165) is 5.56 Å². The third-order valence-corrected chi connectivity index (χ3v) is 2.82. The molecule has 1 aromatic rings. The molecule has 0 spiro atoms. The summed E-state index contributed by atoms with van der Waals surface area (Å²) < 4.78 is 6.10. The quantitative estimate of drug-likeness (QED) is 0.620. The summed E-state index contributed by atoms with van der Waals surface area (Å²) in [6.45, 7) is 5.92. The topological polar surface area (TPSA) is 64.4 Å². The maximum atomic E-state index is 10.7. The number of nitro benzene ring substituents is 1. The van der Waals surface area contributed by atoms with Gasteiger partial charge in [-0.25, -0.2) is 0 Å². The average Bonchev–Trinajstić information content (AvgIpc) is 2.28. The van der Waals surface area contributed by atoms with E-state index < -0.39 is 4.92 Å². The van der Waals surface area contributed by atoms with Gasteiger partial charge in [0.1, 0.15) is 0 Å². The second-order valence-electron chi connectivity index (χ2n) is 3.97. The summed E-state index contributed by atoms with van der Waals surface area (Å²) in [5.74, 6) is 0. The second-order valence-corrected chi connectivity index (χ2v) is 4.89. The van der Waals surface area contributed by atoms with Gasteiger partial charge in [-0.1, -0.05) is 15.9 Å². The first-order valence-corrected chi connectivity index (χ1v) is 6.58. The molecular weight excluding hydrogens is 300 g/mol. The number of nitro groups is 1. The Morgan fingerprint density at radius 3 is 2.83 bits per heavy atom. The molecule has 0 heterocycles. The number of hydrogen-bond acceptors (Lipinski definition) is 4. The molecule has 1 rings (SSSR count). The normalized spacial score (nSPS) is 12.4. The standard InChI is InChI=1S/C12H17BrN2O3/c1-3-18-9(2)7-14-8-10-4-11(13)6-12(5-10)15(16)17/h4-6,9,14H,3,7-8H2,1-2H3. The van der Waals surface area contributed by atoms with Crippen LogP contribution in [0.1, 0.15) is 19.4 Å². The Labute approximate surface area is 115 Å². The molecule has 0 aliphatic heterocycles. The molecule has 0 amide bonds. The highest BCUT2D eigenvalue weighted by Gasteiger charge is 2.08. The van der Waals surface area contributed by atoms with Gasteiger partial charge in [-0.2, -0.15) is 0 Å². The fourth-order valence-electron chi connectivity index (χ4n) is 1.60. The van der Waals surface area contributed by atoms with Gasteiger partial charge in [-0.15, -0.1) is 0 Å². The molecular formula is C12H17BrN2O3. The van der Waals surface area contributed by atoms with E-state index in [1.165, 1.54) is 6.07 Å². The summed E-state index contributed by atoms with van der Waals surface area (Å²) in [4.78, 5) is 10.3. The molecule has 0 aromatic heterocycles. The van der Waals surface area contributed by atoms with E-state index in [0.29, 0.717) is 24.2 Å². The van der Waals surface area contributed by atoms with E-state index >= 15 is 0 Å². The molecule has 18 heavy (non-hydrogen) atoms. The Morgan fingerprint density at radius 1 is 1.50 bits per heavy atom. The fourth-order valence-corrected chi connectivity index (χ4v) is 2.13. The predicted octanol–water partition coefficient (Wildman–Crippen LogP) is 2.87. The van der Waals surface area contributed by atoms with Gasteiger partial charge in [0.15, 0.2) is 0 Å². The van der Waals surface area contributed by atoms with Crippen LogP contribution in [0.25, 0.3) is 0 Å². The largest absolute Gasteiger partial charge is 0.377 e. The zero-order valence-corrected chi connectivity index (χ0v) is 12.1. The maximum absolute atomic E-state index is 10.7. The zero-order chi connectivity index (χ0) is 13.5. The SMILES string of the molecule is CCOC(C)CNCc1cc(Br)cc([N+](=O)[O-])c1. The molecule has 0 bridgehead atoms. The molecule has 5 nitrogen and oxygen atoms in total. The van der Waals surface area contributed by atoms with Crippen molar-refractivity contribution in [3.8, 4) is 0 Å². The number of ether oxygens (including phenoxy) is 1. The molecule has 0 aliphatic rings. The lowest BCUT2D eigenvalue weighted by atomic mass is 10.2. The van der Waals surface area contributed by atoms with Crippen LogP contribution in [0.3, 0.4) is 0 Å². The van der Waals surface area contributed by atoms with Crippen molar-refractivity contribution in [2.24, 2.45) is 0 Å². The third-order valence-electron chi connectivity index (χ3n) is 2.37. The Kier molecular flexibility index (Phi) is 6.24. The van der Waals surface area contributed by atoms with Gasteiger partial charge in [0, 0.05) is 36.3 Å². The van der Waals surface area contributed by atoms with Crippen molar-refractivity contribution in [3.63, 3.8) is 0 Å². The van der Waals surface area contributed by atoms with Crippen molar-refractivity contribution in [1.29, 1.82) is 0 Å². The van der Waals surface area contributed by atoms with Crippen LogP contribution in [0, 0.1) is 10.1 Å². The van der Waals surface area contributed by atoms with Crippen LogP contribution in [0.4, 0.5) is 5.69 Å². The molecule has 1 atom stereocenters. The number of nitrogens with zero attached hydrogens (tertiary/aromatic N) is 1. The van der Waals surface area contributed by atoms with Crippen molar-refractivity contribution >= 4 is 21.6 Å². The minimum absolute atomic E-state index is 0.0963. The van der Waals surface area contributed by atoms with Gasteiger partial charge in [0.2, 0.25) is 0 Å². The molecule has 0 radical (unpaired) electrons. The van der Waals surface area contributed by atoms with Crippen LogP contribution in [-0.4, -0.2) is 24.2 Å². The number of non-ortho nitro benzene ring substituents is 1. The number of hydrogen-bond donors (Lipinski definition) is 1. The highest BCUT2D eigenvalue weighted by atomic mass is 79.9. The first kappa shape index (κ1) is 15.1. The smallest absolute Gasteiger partial charge is 0.270 e. The summed E-state index contributed by atoms with van der Waals surface area (Å²) in [7, 11) is 0. The monoisotopic (exact) mass is 316 g/mol. The van der Waals surface area contributed by atoms with Crippen molar-refractivity contribution in [2.75, 3.05) is 13.2 Å². The Morgan fingerprint density at radius 2 is 2.22 bits per heavy atom. The van der Waals surface area contributed by atoms with Crippen LogP contribution in [-0.2, 0) is 11.3 Å². The van der Waals surface area contributed by atoms with Gasteiger partial charge in [-0.05, 0) is 25.5 Å². The summed E-state index contributed by atoms with van der Waals surface area (Å²) >= 11 is 3.27. The third kappa shape index (κ3) is 5.12. The molecule has 6 heteroatoms. The molecule has 0 aliphatic carbocycles. The van der Waals surface area contributed by atoms with Crippen LogP contribution in [0.2, 0.25) is 0 Å². The van der Waals surface area contributed by atoms with E-state index in [1.807, 2.05) is 19.9 Å². The molecule has 0 saturated heterocycles. The zero-order valence-electron chi connectivity index (χ0n) is 10.5. The second kappa shape index (κ2) is 7.45. The molecule has 0 saturated carbocycles. The Hall–Kier alpha value is -0.980. The number of benzene rings is 1. The van der Waals surface area contributed by atoms with Crippen molar-refractivity contribution < 1.29 is 9.66 Å². The number of halogens is 1. The first-order chi connectivity index (χ1) is 8.52. The van der Waals surface area contributed by atoms with Crippen molar-refractivity contribution in [3.05, 3.63) is 38.3 Å². The van der Waals surface area contributed by atoms with E-state index in [4.69, 9.17) is 4.74 Å². The fraction of sp³-hybridized carbons (Fsp3) is 0.500. The van der Waals surface area contributed by atoms with E-state index in [1.54, 1.807) is 6.07 Å². The Balaban J connectivity index is 2.54. The number of nitrogens with one attached hydrogen (secondary N) is 1. The lowest BCUT2D eigenvalue weighted by Crippen LogP contribution is -2.26. The molecule has 1 aromatic carbocycles. The molecule has 1 unspecified atom stereocenters. The summed E-state index contributed by atoms with van der Waals surface area (Å²) in [6.07, 6.45) is 0.136. The maximum Gasteiger partial charge on any atom is 0.270 e. The first-order valence-electron chi connectivity index (χ1n) is 5.79. The average molecular weight is 317 g/mol. The number of rotatable bonds is 7. The van der Waals surface area contributed by atoms with E-state index in [2.05, 4.69) is 21.2 Å².